The maximum Gasteiger partial charge on any atom is 0.169 e. The predicted octanol–water partition coefficient (Wildman–Crippen LogP) is 4.54. The van der Waals surface area contributed by atoms with Crippen LogP contribution in [0.1, 0.15) is 17.4 Å². The molecular formula is C15H11BrClFN2O. The van der Waals surface area contributed by atoms with Crippen LogP contribution in [0.4, 0.5) is 4.39 Å². The Kier molecular flexibility index (Phi) is 3.99. The van der Waals surface area contributed by atoms with Gasteiger partial charge in [-0.25, -0.2) is 9.82 Å². The van der Waals surface area contributed by atoms with E-state index >= 15 is 0 Å². The Bertz CT molecular complexity index is 785. The monoisotopic (exact) mass is 368 g/mol. The van der Waals surface area contributed by atoms with Gasteiger partial charge >= 0.3 is 0 Å². The van der Waals surface area contributed by atoms with Crippen LogP contribution >= 0.6 is 27.5 Å². The average molecular weight is 370 g/mol. The van der Waals surface area contributed by atoms with Gasteiger partial charge in [0.15, 0.2) is 11.4 Å². The zero-order valence-corrected chi connectivity index (χ0v) is 13.1. The minimum absolute atomic E-state index is 0.217. The Hall–Kier alpha value is -1.40. The van der Waals surface area contributed by atoms with Crippen LogP contribution in [-0.2, 0) is 0 Å². The minimum Gasteiger partial charge on any atom is -0.456 e. The molecule has 0 amide bonds. The van der Waals surface area contributed by atoms with Crippen LogP contribution in [0.2, 0.25) is 5.02 Å². The number of halogens is 3. The number of hydrogen-bond acceptors (Lipinski definition) is 3. The predicted molar refractivity (Wildman–Crippen MR) is 84.5 cm³/mol. The Balaban J connectivity index is 2.11. The van der Waals surface area contributed by atoms with Crippen molar-refractivity contribution in [2.24, 2.45) is 5.84 Å². The van der Waals surface area contributed by atoms with Gasteiger partial charge in [0, 0.05) is 14.9 Å². The lowest BCUT2D eigenvalue weighted by molar-refractivity contribution is 0.465. The molecule has 3 N–H and O–H groups in total. The van der Waals surface area contributed by atoms with E-state index in [-0.39, 0.29) is 5.58 Å². The standard InChI is InChI=1S/C15H11BrClFN2O/c16-10-4-9(5-11(17)7-10)14(20-19)13-6-8-2-1-3-12(18)15(8)21-13/h1-7,14,20H,19H2. The van der Waals surface area contributed by atoms with Crippen molar-refractivity contribution in [2.75, 3.05) is 0 Å². The molecule has 1 heterocycles. The van der Waals surface area contributed by atoms with Crippen LogP contribution in [0.15, 0.2) is 51.4 Å². The summed E-state index contributed by atoms with van der Waals surface area (Å²) in [5, 5.41) is 1.26. The molecule has 1 aromatic heterocycles. The summed E-state index contributed by atoms with van der Waals surface area (Å²) < 4.78 is 20.2. The highest BCUT2D eigenvalue weighted by molar-refractivity contribution is 9.10. The van der Waals surface area contributed by atoms with Crippen molar-refractivity contribution in [3.8, 4) is 0 Å². The van der Waals surface area contributed by atoms with Crippen molar-refractivity contribution in [3.05, 3.63) is 69.1 Å². The summed E-state index contributed by atoms with van der Waals surface area (Å²) in [6.07, 6.45) is 0. The van der Waals surface area contributed by atoms with E-state index in [9.17, 15) is 4.39 Å². The lowest BCUT2D eigenvalue weighted by Gasteiger charge is -2.14. The molecule has 0 aliphatic heterocycles. The molecule has 3 nitrogen and oxygen atoms in total. The van der Waals surface area contributed by atoms with Gasteiger partial charge in [-0.05, 0) is 35.9 Å². The smallest absolute Gasteiger partial charge is 0.169 e. The summed E-state index contributed by atoms with van der Waals surface area (Å²) in [7, 11) is 0. The van der Waals surface area contributed by atoms with Crippen LogP contribution in [0.25, 0.3) is 11.0 Å². The van der Waals surface area contributed by atoms with E-state index in [1.165, 1.54) is 6.07 Å². The first-order chi connectivity index (χ1) is 10.1. The summed E-state index contributed by atoms with van der Waals surface area (Å²) in [5.74, 6) is 5.75. The van der Waals surface area contributed by atoms with Gasteiger partial charge in [0.25, 0.3) is 0 Å². The third-order valence-corrected chi connectivity index (χ3v) is 3.86. The van der Waals surface area contributed by atoms with Gasteiger partial charge in [-0.1, -0.05) is 39.7 Å². The van der Waals surface area contributed by atoms with Gasteiger partial charge in [0.1, 0.15) is 11.8 Å². The fourth-order valence-corrected chi connectivity index (χ4v) is 3.16. The van der Waals surface area contributed by atoms with Gasteiger partial charge in [0.2, 0.25) is 0 Å². The van der Waals surface area contributed by atoms with Crippen molar-refractivity contribution in [3.63, 3.8) is 0 Å². The number of hydrogen-bond donors (Lipinski definition) is 2. The molecule has 0 saturated heterocycles. The van der Waals surface area contributed by atoms with Crippen LogP contribution in [-0.4, -0.2) is 0 Å². The number of nitrogens with two attached hydrogens (primary N) is 1. The number of benzene rings is 2. The van der Waals surface area contributed by atoms with E-state index in [0.29, 0.717) is 16.2 Å². The summed E-state index contributed by atoms with van der Waals surface area (Å²) >= 11 is 9.44. The van der Waals surface area contributed by atoms with E-state index in [0.717, 1.165) is 10.0 Å². The van der Waals surface area contributed by atoms with E-state index in [4.69, 9.17) is 21.9 Å². The SMILES string of the molecule is NNC(c1cc(Cl)cc(Br)c1)c1cc2cccc(F)c2o1. The second-order valence-corrected chi connectivity index (χ2v) is 5.96. The molecular weight excluding hydrogens is 359 g/mol. The molecule has 0 aliphatic rings. The normalized spacial score (nSPS) is 12.8. The average Bonchev–Trinajstić information content (AvgIpc) is 2.83. The minimum atomic E-state index is -0.424. The molecule has 2 aromatic carbocycles. The van der Waals surface area contributed by atoms with Gasteiger partial charge in [0.05, 0.1) is 0 Å². The molecule has 1 unspecified atom stereocenters. The van der Waals surface area contributed by atoms with Crippen LogP contribution in [0.5, 0.6) is 0 Å². The van der Waals surface area contributed by atoms with Crippen LogP contribution in [0.3, 0.4) is 0 Å². The Morgan fingerprint density at radius 3 is 2.71 bits per heavy atom. The van der Waals surface area contributed by atoms with Gasteiger partial charge in [-0.15, -0.1) is 0 Å². The third kappa shape index (κ3) is 2.82. The first kappa shape index (κ1) is 14.5. The topological polar surface area (TPSA) is 51.2 Å². The number of fused-ring (bicyclic) bond motifs is 1. The highest BCUT2D eigenvalue weighted by atomic mass is 79.9. The molecule has 1 atom stereocenters. The molecule has 0 spiro atoms. The second-order valence-electron chi connectivity index (χ2n) is 4.61. The molecule has 108 valence electrons. The molecule has 3 rings (SSSR count). The molecule has 0 aliphatic carbocycles. The van der Waals surface area contributed by atoms with E-state index in [2.05, 4.69) is 21.4 Å². The first-order valence-corrected chi connectivity index (χ1v) is 7.35. The summed E-state index contributed by atoms with van der Waals surface area (Å²) in [5.41, 5.74) is 3.71. The van der Waals surface area contributed by atoms with Gasteiger partial charge < -0.3 is 4.42 Å². The molecule has 0 bridgehead atoms. The fraction of sp³-hybridized carbons (Fsp3) is 0.0667. The van der Waals surface area contributed by atoms with Crippen molar-refractivity contribution < 1.29 is 8.81 Å². The number of furan rings is 1. The van der Waals surface area contributed by atoms with Gasteiger partial charge in [-0.3, -0.25) is 5.84 Å². The lowest BCUT2D eigenvalue weighted by Crippen LogP contribution is -2.28. The fourth-order valence-electron chi connectivity index (χ4n) is 2.27. The third-order valence-electron chi connectivity index (χ3n) is 3.18. The summed E-state index contributed by atoms with van der Waals surface area (Å²) in [6.45, 7) is 0. The molecule has 21 heavy (non-hydrogen) atoms. The molecule has 6 heteroatoms. The van der Waals surface area contributed by atoms with Crippen molar-refractivity contribution in [1.29, 1.82) is 0 Å². The summed E-state index contributed by atoms with van der Waals surface area (Å²) in [6, 6.07) is 11.5. The lowest BCUT2D eigenvalue weighted by atomic mass is 10.1. The zero-order valence-electron chi connectivity index (χ0n) is 10.7. The largest absolute Gasteiger partial charge is 0.456 e. The molecule has 0 fully saturated rings. The van der Waals surface area contributed by atoms with Crippen LogP contribution in [0, 0.1) is 5.82 Å². The van der Waals surface area contributed by atoms with Crippen molar-refractivity contribution in [2.45, 2.75) is 6.04 Å². The Morgan fingerprint density at radius 2 is 2.05 bits per heavy atom. The number of nitrogens with one attached hydrogen (secondary N) is 1. The molecule has 3 aromatic rings. The quantitative estimate of drug-likeness (QED) is 0.526. The maximum absolute atomic E-state index is 13.7. The molecule has 0 radical (unpaired) electrons. The highest BCUT2D eigenvalue weighted by Crippen LogP contribution is 2.31. The molecule has 0 saturated carbocycles. The van der Waals surface area contributed by atoms with E-state index in [1.54, 1.807) is 30.3 Å². The van der Waals surface area contributed by atoms with Crippen LogP contribution < -0.4 is 11.3 Å². The van der Waals surface area contributed by atoms with E-state index < -0.39 is 11.9 Å². The number of hydrazine groups is 1. The zero-order chi connectivity index (χ0) is 15.0. The second kappa shape index (κ2) is 5.77. The first-order valence-electron chi connectivity index (χ1n) is 6.18. The van der Waals surface area contributed by atoms with Gasteiger partial charge in [-0.2, -0.15) is 0 Å². The maximum atomic E-state index is 13.7. The Labute approximate surface area is 134 Å². The number of para-hydroxylation sites is 1. The van der Waals surface area contributed by atoms with Crippen molar-refractivity contribution >= 4 is 38.5 Å². The summed E-state index contributed by atoms with van der Waals surface area (Å²) in [4.78, 5) is 0. The van der Waals surface area contributed by atoms with E-state index in [1.807, 2.05) is 6.07 Å². The Morgan fingerprint density at radius 1 is 1.24 bits per heavy atom. The van der Waals surface area contributed by atoms with Crippen molar-refractivity contribution in [1.82, 2.24) is 5.43 Å². The highest BCUT2D eigenvalue weighted by Gasteiger charge is 2.19. The number of rotatable bonds is 3.